The summed E-state index contributed by atoms with van der Waals surface area (Å²) in [7, 11) is 4.53. The number of methoxy groups -OCH3 is 3. The second-order valence-electron chi connectivity index (χ2n) is 9.42. The molecule has 1 N–H and O–H groups in total. The van der Waals surface area contributed by atoms with Gasteiger partial charge in [0.2, 0.25) is 5.75 Å². The van der Waals surface area contributed by atoms with Crippen LogP contribution >= 0.6 is 11.6 Å². The highest BCUT2D eigenvalue weighted by atomic mass is 35.5. The SMILES string of the molecule is COc1cc(C(=O)N(CCCc2ccccc2)Cc2ccc(Oc3cc(Cl)ccc3C(=O)O)cc2)cc(OC)c1OC. The minimum atomic E-state index is -1.12. The maximum Gasteiger partial charge on any atom is 0.339 e. The Morgan fingerprint density at radius 1 is 0.786 bits per heavy atom. The Hall–Kier alpha value is -4.69. The summed E-state index contributed by atoms with van der Waals surface area (Å²) in [5.41, 5.74) is 2.48. The van der Waals surface area contributed by atoms with Crippen LogP contribution in [0.15, 0.2) is 84.9 Å². The van der Waals surface area contributed by atoms with Gasteiger partial charge in [-0.1, -0.05) is 54.1 Å². The van der Waals surface area contributed by atoms with Gasteiger partial charge in [0.1, 0.15) is 17.1 Å². The van der Waals surface area contributed by atoms with Crippen molar-refractivity contribution in [1.29, 1.82) is 0 Å². The van der Waals surface area contributed by atoms with Crippen LogP contribution in [0.2, 0.25) is 5.02 Å². The second kappa shape index (κ2) is 14.3. The summed E-state index contributed by atoms with van der Waals surface area (Å²) >= 11 is 6.05. The number of carboxylic acids is 1. The quantitative estimate of drug-likeness (QED) is 0.177. The van der Waals surface area contributed by atoms with E-state index in [-0.39, 0.29) is 17.2 Å². The Kier molecular flexibility index (Phi) is 10.3. The fourth-order valence-electron chi connectivity index (χ4n) is 4.53. The average Bonchev–Trinajstić information content (AvgIpc) is 3.00. The monoisotopic (exact) mass is 589 g/mol. The molecule has 0 bridgehead atoms. The van der Waals surface area contributed by atoms with E-state index in [9.17, 15) is 14.7 Å². The van der Waals surface area contributed by atoms with Crippen LogP contribution in [0.3, 0.4) is 0 Å². The molecular formula is C33H32ClNO7. The van der Waals surface area contributed by atoms with Crippen LogP contribution in [-0.4, -0.2) is 49.8 Å². The van der Waals surface area contributed by atoms with Crippen LogP contribution in [0.4, 0.5) is 0 Å². The number of carbonyl (C=O) groups excluding carboxylic acids is 1. The number of rotatable bonds is 13. The minimum Gasteiger partial charge on any atom is -0.493 e. The molecule has 4 aromatic rings. The standard InChI is InChI=1S/C33H32ClNO7/c1-39-29-18-24(19-30(40-2)31(29)41-3)32(36)35(17-7-10-22-8-5-4-6-9-22)21-23-11-14-26(15-12-23)42-28-20-25(34)13-16-27(28)33(37)38/h4-6,8-9,11-16,18-20H,7,10,17,21H2,1-3H3,(H,37,38). The molecule has 0 aliphatic heterocycles. The number of carboxylic acid groups (broad SMARTS) is 1. The van der Waals surface area contributed by atoms with Crippen LogP contribution in [0, 0.1) is 0 Å². The molecule has 42 heavy (non-hydrogen) atoms. The number of aryl methyl sites for hydroxylation is 1. The highest BCUT2D eigenvalue weighted by Gasteiger charge is 2.22. The lowest BCUT2D eigenvalue weighted by atomic mass is 10.1. The zero-order chi connectivity index (χ0) is 30.1. The molecule has 0 unspecified atom stereocenters. The Morgan fingerprint density at radius 2 is 1.45 bits per heavy atom. The Morgan fingerprint density at radius 3 is 2.05 bits per heavy atom. The van der Waals surface area contributed by atoms with Gasteiger partial charge in [0.15, 0.2) is 11.5 Å². The Bertz CT molecular complexity index is 1500. The van der Waals surface area contributed by atoms with Gasteiger partial charge in [-0.05, 0) is 60.4 Å². The first-order valence-electron chi connectivity index (χ1n) is 13.3. The molecule has 0 spiro atoms. The van der Waals surface area contributed by atoms with Gasteiger partial charge in [0.05, 0.1) is 21.3 Å². The van der Waals surface area contributed by atoms with Gasteiger partial charge in [0, 0.05) is 29.7 Å². The van der Waals surface area contributed by atoms with E-state index >= 15 is 0 Å². The van der Waals surface area contributed by atoms with Crippen LogP contribution in [-0.2, 0) is 13.0 Å². The normalized spacial score (nSPS) is 10.6. The summed E-state index contributed by atoms with van der Waals surface area (Å²) in [6.07, 6.45) is 1.58. The number of amides is 1. The molecule has 0 aromatic heterocycles. The summed E-state index contributed by atoms with van der Waals surface area (Å²) in [5, 5.41) is 9.84. The number of nitrogens with zero attached hydrogens (tertiary/aromatic N) is 1. The highest BCUT2D eigenvalue weighted by Crippen LogP contribution is 2.38. The van der Waals surface area contributed by atoms with Crippen LogP contribution in [0.5, 0.6) is 28.7 Å². The number of halogens is 1. The molecule has 0 aliphatic carbocycles. The topological polar surface area (TPSA) is 94.5 Å². The highest BCUT2D eigenvalue weighted by molar-refractivity contribution is 6.30. The van der Waals surface area contributed by atoms with E-state index < -0.39 is 5.97 Å². The third kappa shape index (κ3) is 7.53. The fraction of sp³-hybridized carbons (Fsp3) is 0.212. The molecular weight excluding hydrogens is 558 g/mol. The Labute approximate surface area is 250 Å². The predicted molar refractivity (Wildman–Crippen MR) is 161 cm³/mol. The number of ether oxygens (including phenoxy) is 4. The first-order chi connectivity index (χ1) is 20.3. The number of hydrogen-bond acceptors (Lipinski definition) is 6. The van der Waals surface area contributed by atoms with E-state index in [1.807, 2.05) is 30.3 Å². The summed E-state index contributed by atoms with van der Waals surface area (Å²) < 4.78 is 22.2. The molecule has 0 aliphatic rings. The first-order valence-corrected chi connectivity index (χ1v) is 13.6. The summed E-state index contributed by atoms with van der Waals surface area (Å²) in [4.78, 5) is 27.2. The number of aromatic carboxylic acids is 1. The van der Waals surface area contributed by atoms with Gasteiger partial charge in [-0.2, -0.15) is 0 Å². The minimum absolute atomic E-state index is 0.00372. The zero-order valence-electron chi connectivity index (χ0n) is 23.6. The lowest BCUT2D eigenvalue weighted by molar-refractivity contribution is 0.0692. The van der Waals surface area contributed by atoms with Crippen molar-refractivity contribution in [3.8, 4) is 28.7 Å². The van der Waals surface area contributed by atoms with E-state index in [2.05, 4.69) is 12.1 Å². The van der Waals surface area contributed by atoms with Crippen molar-refractivity contribution in [1.82, 2.24) is 4.90 Å². The molecule has 1 amide bonds. The summed E-state index contributed by atoms with van der Waals surface area (Å²) in [6.45, 7) is 0.842. The van der Waals surface area contributed by atoms with Gasteiger partial charge in [-0.15, -0.1) is 0 Å². The van der Waals surface area contributed by atoms with Gasteiger partial charge in [-0.3, -0.25) is 4.79 Å². The van der Waals surface area contributed by atoms with Crippen molar-refractivity contribution in [2.75, 3.05) is 27.9 Å². The molecule has 4 aromatic carbocycles. The molecule has 4 rings (SSSR count). The number of carbonyl (C=O) groups is 2. The molecule has 8 nitrogen and oxygen atoms in total. The van der Waals surface area contributed by atoms with Gasteiger partial charge in [-0.25, -0.2) is 4.79 Å². The predicted octanol–water partition coefficient (Wildman–Crippen LogP) is 7.13. The molecule has 9 heteroatoms. The largest absolute Gasteiger partial charge is 0.493 e. The number of hydrogen-bond donors (Lipinski definition) is 1. The average molecular weight is 590 g/mol. The zero-order valence-corrected chi connectivity index (χ0v) is 24.4. The van der Waals surface area contributed by atoms with E-state index in [1.165, 1.54) is 45.1 Å². The molecule has 0 atom stereocenters. The molecule has 0 heterocycles. The summed E-state index contributed by atoms with van der Waals surface area (Å²) in [6, 6.07) is 24.9. The van der Waals surface area contributed by atoms with E-state index in [0.717, 1.165) is 18.4 Å². The summed E-state index contributed by atoms with van der Waals surface area (Å²) in [5.74, 6) is 0.481. The third-order valence-corrected chi connectivity index (χ3v) is 6.87. The Balaban J connectivity index is 1.57. The van der Waals surface area contributed by atoms with Gasteiger partial charge < -0.3 is 29.0 Å². The molecule has 0 saturated heterocycles. The molecule has 0 saturated carbocycles. The van der Waals surface area contributed by atoms with Crippen LogP contribution in [0.1, 0.15) is 38.3 Å². The number of benzene rings is 4. The molecule has 0 radical (unpaired) electrons. The molecule has 218 valence electrons. The first kappa shape index (κ1) is 30.3. The van der Waals surface area contributed by atoms with Crippen molar-refractivity contribution in [3.63, 3.8) is 0 Å². The van der Waals surface area contributed by atoms with E-state index in [0.29, 0.717) is 46.7 Å². The van der Waals surface area contributed by atoms with Crippen molar-refractivity contribution >= 4 is 23.5 Å². The molecule has 0 fully saturated rings. The maximum atomic E-state index is 13.9. The van der Waals surface area contributed by atoms with Gasteiger partial charge in [0.25, 0.3) is 5.91 Å². The van der Waals surface area contributed by atoms with E-state index in [1.54, 1.807) is 29.2 Å². The maximum absolute atomic E-state index is 13.9. The van der Waals surface area contributed by atoms with Crippen molar-refractivity contribution < 1.29 is 33.6 Å². The van der Waals surface area contributed by atoms with Crippen LogP contribution < -0.4 is 18.9 Å². The van der Waals surface area contributed by atoms with Gasteiger partial charge >= 0.3 is 5.97 Å². The van der Waals surface area contributed by atoms with Crippen molar-refractivity contribution in [2.24, 2.45) is 0 Å². The van der Waals surface area contributed by atoms with Crippen molar-refractivity contribution in [3.05, 3.63) is 112 Å². The van der Waals surface area contributed by atoms with Crippen molar-refractivity contribution in [2.45, 2.75) is 19.4 Å². The second-order valence-corrected chi connectivity index (χ2v) is 9.86. The third-order valence-electron chi connectivity index (χ3n) is 6.63. The fourth-order valence-corrected chi connectivity index (χ4v) is 4.69. The van der Waals surface area contributed by atoms with E-state index in [4.69, 9.17) is 30.5 Å². The smallest absolute Gasteiger partial charge is 0.339 e. The lowest BCUT2D eigenvalue weighted by Crippen LogP contribution is -2.32. The lowest BCUT2D eigenvalue weighted by Gasteiger charge is -2.24. The van der Waals surface area contributed by atoms with Crippen LogP contribution in [0.25, 0.3) is 0 Å².